The number of nitrogens with zero attached hydrogens (tertiary/aromatic N) is 4. The second-order valence-electron chi connectivity index (χ2n) is 8.58. The van der Waals surface area contributed by atoms with Crippen molar-refractivity contribution in [3.05, 3.63) is 86.4 Å². The zero-order chi connectivity index (χ0) is 26.5. The lowest BCUT2D eigenvalue weighted by atomic mass is 9.98. The summed E-state index contributed by atoms with van der Waals surface area (Å²) in [4.78, 5) is 53.9. The predicted molar refractivity (Wildman–Crippen MR) is 131 cm³/mol. The van der Waals surface area contributed by atoms with Crippen molar-refractivity contribution in [1.29, 1.82) is 0 Å². The van der Waals surface area contributed by atoms with Crippen LogP contribution in [0.15, 0.2) is 58.1 Å². The van der Waals surface area contributed by atoms with Crippen molar-refractivity contribution in [2.45, 2.75) is 26.3 Å². The molecule has 1 aliphatic heterocycles. The largest absolute Gasteiger partial charge is 0.497 e. The Morgan fingerprint density at radius 1 is 1.14 bits per heavy atom. The fourth-order valence-electron chi connectivity index (χ4n) is 4.29. The summed E-state index contributed by atoms with van der Waals surface area (Å²) < 4.78 is 26.5. The Balaban J connectivity index is 1.80. The quantitative estimate of drug-likeness (QED) is 0.447. The smallest absolute Gasteiger partial charge is 0.352 e. The minimum absolute atomic E-state index is 0.0491. The van der Waals surface area contributed by atoms with Crippen molar-refractivity contribution in [2.75, 3.05) is 26.8 Å². The predicted octanol–water partition coefficient (Wildman–Crippen LogP) is 2.01. The standard InChI is InChI=1S/C26H27FN4O6/c1-3-37-25(34)18-9-7-13-29(16-18)23(32)22-24(33)30(15-17-8-6-10-19(14-17)36-2)26(35)31(28-22)21-12-5-4-11-20(21)27/h4-6,8,10-12,14,18H,3,7,9,13,15-16H2,1-2H3. The molecule has 0 aliphatic carbocycles. The third-order valence-electron chi connectivity index (χ3n) is 6.15. The number of piperidine rings is 1. The van der Waals surface area contributed by atoms with Gasteiger partial charge in [-0.1, -0.05) is 24.3 Å². The summed E-state index contributed by atoms with van der Waals surface area (Å²) in [5.41, 5.74) is -2.01. The Morgan fingerprint density at radius 3 is 2.65 bits per heavy atom. The number of likely N-dealkylation sites (tertiary alicyclic amines) is 1. The van der Waals surface area contributed by atoms with Crippen LogP contribution in [0.5, 0.6) is 5.75 Å². The highest BCUT2D eigenvalue weighted by molar-refractivity contribution is 5.92. The Labute approximate surface area is 211 Å². The number of carbonyl (C=O) groups is 2. The van der Waals surface area contributed by atoms with E-state index in [0.717, 1.165) is 15.3 Å². The topological polar surface area (TPSA) is 113 Å². The van der Waals surface area contributed by atoms with Crippen LogP contribution in [0.25, 0.3) is 5.69 Å². The van der Waals surface area contributed by atoms with Crippen molar-refractivity contribution in [1.82, 2.24) is 19.2 Å². The zero-order valence-electron chi connectivity index (χ0n) is 20.6. The molecule has 2 aromatic carbocycles. The van der Waals surface area contributed by atoms with Crippen LogP contribution in [-0.2, 0) is 16.1 Å². The van der Waals surface area contributed by atoms with Gasteiger partial charge in [0, 0.05) is 13.1 Å². The van der Waals surface area contributed by atoms with Crippen molar-refractivity contribution in [2.24, 2.45) is 5.92 Å². The van der Waals surface area contributed by atoms with Gasteiger partial charge in [-0.25, -0.2) is 9.18 Å². The van der Waals surface area contributed by atoms with Crippen molar-refractivity contribution in [3.63, 3.8) is 0 Å². The molecular formula is C26H27FN4O6. The van der Waals surface area contributed by atoms with Crippen LogP contribution in [0.2, 0.25) is 0 Å². The molecule has 1 saturated heterocycles. The monoisotopic (exact) mass is 510 g/mol. The van der Waals surface area contributed by atoms with Gasteiger partial charge in [0.05, 0.1) is 26.2 Å². The molecule has 0 N–H and O–H groups in total. The molecule has 0 saturated carbocycles. The molecule has 1 amide bonds. The van der Waals surface area contributed by atoms with Crippen LogP contribution in [-0.4, -0.2) is 57.9 Å². The van der Waals surface area contributed by atoms with E-state index in [9.17, 15) is 23.6 Å². The molecular weight excluding hydrogens is 483 g/mol. The molecule has 3 aromatic rings. The van der Waals surface area contributed by atoms with E-state index < -0.39 is 40.6 Å². The molecule has 0 bridgehead atoms. The number of halogens is 1. The Morgan fingerprint density at radius 2 is 1.92 bits per heavy atom. The number of rotatable bonds is 7. The number of carbonyl (C=O) groups excluding carboxylic acids is 2. The number of hydrogen-bond acceptors (Lipinski definition) is 7. The number of esters is 1. The van der Waals surface area contributed by atoms with Gasteiger partial charge in [0.1, 0.15) is 17.3 Å². The number of benzene rings is 2. The molecule has 1 fully saturated rings. The van der Waals surface area contributed by atoms with Gasteiger partial charge < -0.3 is 14.4 Å². The summed E-state index contributed by atoms with van der Waals surface area (Å²) >= 11 is 0. The molecule has 11 heteroatoms. The lowest BCUT2D eigenvalue weighted by Gasteiger charge is -2.31. The normalized spacial score (nSPS) is 15.3. The van der Waals surface area contributed by atoms with E-state index in [0.29, 0.717) is 30.7 Å². The first-order valence-corrected chi connectivity index (χ1v) is 11.9. The minimum Gasteiger partial charge on any atom is -0.497 e. The fraction of sp³-hybridized carbons (Fsp3) is 0.346. The molecule has 4 rings (SSSR count). The van der Waals surface area contributed by atoms with Crippen LogP contribution >= 0.6 is 0 Å². The molecule has 1 unspecified atom stereocenters. The highest BCUT2D eigenvalue weighted by Gasteiger charge is 2.32. The first-order valence-electron chi connectivity index (χ1n) is 11.9. The molecule has 1 atom stereocenters. The van der Waals surface area contributed by atoms with E-state index in [1.165, 1.54) is 30.2 Å². The van der Waals surface area contributed by atoms with Gasteiger partial charge in [-0.3, -0.25) is 19.0 Å². The van der Waals surface area contributed by atoms with E-state index >= 15 is 0 Å². The summed E-state index contributed by atoms with van der Waals surface area (Å²) in [7, 11) is 1.49. The molecule has 0 spiro atoms. The first kappa shape index (κ1) is 25.8. The molecule has 2 heterocycles. The van der Waals surface area contributed by atoms with Gasteiger partial charge in [-0.05, 0) is 49.6 Å². The van der Waals surface area contributed by atoms with Crippen LogP contribution in [0.1, 0.15) is 35.8 Å². The fourth-order valence-corrected chi connectivity index (χ4v) is 4.29. The lowest BCUT2D eigenvalue weighted by molar-refractivity contribution is -0.149. The third-order valence-corrected chi connectivity index (χ3v) is 6.15. The highest BCUT2D eigenvalue weighted by Crippen LogP contribution is 2.19. The molecule has 10 nitrogen and oxygen atoms in total. The van der Waals surface area contributed by atoms with Crippen LogP contribution in [0, 0.1) is 11.7 Å². The zero-order valence-corrected chi connectivity index (χ0v) is 20.6. The maximum Gasteiger partial charge on any atom is 0.352 e. The summed E-state index contributed by atoms with van der Waals surface area (Å²) in [6.45, 7) is 2.06. The summed E-state index contributed by atoms with van der Waals surface area (Å²) in [6.07, 6.45) is 1.07. The minimum atomic E-state index is -0.913. The van der Waals surface area contributed by atoms with E-state index in [-0.39, 0.29) is 25.4 Å². The van der Waals surface area contributed by atoms with Gasteiger partial charge in [0.25, 0.3) is 11.5 Å². The molecule has 0 radical (unpaired) electrons. The van der Waals surface area contributed by atoms with E-state index in [1.807, 2.05) is 0 Å². The van der Waals surface area contributed by atoms with Crippen molar-refractivity contribution >= 4 is 11.9 Å². The highest BCUT2D eigenvalue weighted by atomic mass is 19.1. The first-order chi connectivity index (χ1) is 17.8. The van der Waals surface area contributed by atoms with Crippen LogP contribution < -0.4 is 16.0 Å². The number of aromatic nitrogens is 3. The summed E-state index contributed by atoms with van der Waals surface area (Å²) in [5, 5.41) is 4.02. The van der Waals surface area contributed by atoms with Crippen molar-refractivity contribution in [3.8, 4) is 11.4 Å². The van der Waals surface area contributed by atoms with Gasteiger partial charge >= 0.3 is 11.7 Å². The van der Waals surface area contributed by atoms with Crippen molar-refractivity contribution < 1.29 is 23.5 Å². The molecule has 1 aliphatic rings. The lowest BCUT2D eigenvalue weighted by Crippen LogP contribution is -2.49. The summed E-state index contributed by atoms with van der Waals surface area (Å²) in [5.74, 6) is -1.93. The van der Waals surface area contributed by atoms with E-state index in [2.05, 4.69) is 5.10 Å². The Bertz CT molecular complexity index is 1430. The van der Waals surface area contributed by atoms with Gasteiger partial charge in [-0.2, -0.15) is 9.78 Å². The molecule has 1 aromatic heterocycles. The number of amides is 1. The van der Waals surface area contributed by atoms with E-state index in [1.54, 1.807) is 31.2 Å². The van der Waals surface area contributed by atoms with Crippen LogP contribution in [0.3, 0.4) is 0 Å². The number of ether oxygens (including phenoxy) is 2. The average Bonchev–Trinajstić information content (AvgIpc) is 2.92. The third kappa shape index (κ3) is 5.45. The maximum atomic E-state index is 14.7. The van der Waals surface area contributed by atoms with Gasteiger partial charge in [0.2, 0.25) is 5.69 Å². The second kappa shape index (κ2) is 11.2. The van der Waals surface area contributed by atoms with Crippen LogP contribution in [0.4, 0.5) is 4.39 Å². The van der Waals surface area contributed by atoms with Gasteiger partial charge in [0.15, 0.2) is 0 Å². The number of hydrogen-bond donors (Lipinski definition) is 0. The maximum absolute atomic E-state index is 14.7. The summed E-state index contributed by atoms with van der Waals surface area (Å²) in [6, 6.07) is 12.2. The Hall–Kier alpha value is -4.28. The molecule has 37 heavy (non-hydrogen) atoms. The van der Waals surface area contributed by atoms with E-state index in [4.69, 9.17) is 9.47 Å². The average molecular weight is 511 g/mol. The number of methoxy groups -OCH3 is 1. The Kier molecular flexibility index (Phi) is 7.80. The number of para-hydroxylation sites is 1. The molecule has 194 valence electrons. The van der Waals surface area contributed by atoms with Gasteiger partial charge in [-0.15, -0.1) is 0 Å². The SMILES string of the molecule is CCOC(=O)C1CCCN(C(=O)c2nn(-c3ccccc3F)c(=O)n(Cc3cccc(OC)c3)c2=O)C1. The second-order valence-corrected chi connectivity index (χ2v) is 8.58.